The smallest absolute Gasteiger partial charge is 0.420 e. The third-order valence-electron chi connectivity index (χ3n) is 3.81. The van der Waals surface area contributed by atoms with Crippen LogP contribution in [-0.2, 0) is 20.9 Å². The second kappa shape index (κ2) is 7.69. The van der Waals surface area contributed by atoms with E-state index >= 15 is 0 Å². The van der Waals surface area contributed by atoms with Gasteiger partial charge in [0.2, 0.25) is 0 Å². The first-order chi connectivity index (χ1) is 13.0. The van der Waals surface area contributed by atoms with E-state index in [0.29, 0.717) is 22.4 Å². The fourth-order valence-electron chi connectivity index (χ4n) is 2.57. The van der Waals surface area contributed by atoms with Crippen molar-refractivity contribution in [2.45, 2.75) is 13.5 Å². The number of carbonyl (C=O) groups is 3. The van der Waals surface area contributed by atoms with Gasteiger partial charge < -0.3 is 14.5 Å². The second-order valence-electron chi connectivity index (χ2n) is 5.73. The van der Waals surface area contributed by atoms with Crippen LogP contribution in [0.5, 0.6) is 0 Å². The van der Waals surface area contributed by atoms with Crippen LogP contribution in [0.2, 0.25) is 0 Å². The third kappa shape index (κ3) is 4.12. The molecule has 0 atom stereocenters. The van der Waals surface area contributed by atoms with Gasteiger partial charge in [-0.1, -0.05) is 24.3 Å². The van der Waals surface area contributed by atoms with Gasteiger partial charge in [0.25, 0.3) is 5.91 Å². The highest BCUT2D eigenvalue weighted by Crippen LogP contribution is 2.15. The van der Waals surface area contributed by atoms with Crippen molar-refractivity contribution in [3.63, 3.8) is 0 Å². The minimum Gasteiger partial charge on any atom is -0.454 e. The highest BCUT2D eigenvalue weighted by atomic mass is 16.5. The molecule has 1 N–H and O–H groups in total. The number of hydrogen-bond acceptors (Lipinski definition) is 6. The van der Waals surface area contributed by atoms with Crippen molar-refractivity contribution >= 4 is 34.4 Å². The lowest BCUT2D eigenvalue weighted by atomic mass is 10.1. The van der Waals surface area contributed by atoms with Crippen molar-refractivity contribution in [2.75, 3.05) is 11.9 Å². The standard InChI is InChI=1S/C19H16N2O6/c1-12(22)13-6-2-3-7-14(13)20-17(23)11-26-18(24)10-21-15-8-4-5-9-16(15)27-19(21)25/h2-9H,10-11H2,1H3,(H,20,23). The van der Waals surface area contributed by atoms with Crippen molar-refractivity contribution in [2.24, 2.45) is 0 Å². The Morgan fingerprint density at radius 3 is 2.56 bits per heavy atom. The van der Waals surface area contributed by atoms with Crippen LogP contribution >= 0.6 is 0 Å². The summed E-state index contributed by atoms with van der Waals surface area (Å²) in [6.45, 7) is 0.459. The molecular weight excluding hydrogens is 352 g/mol. The first kappa shape index (κ1) is 18.1. The molecule has 1 aromatic heterocycles. The molecule has 1 heterocycles. The van der Waals surface area contributed by atoms with Gasteiger partial charge in [-0.2, -0.15) is 0 Å². The van der Waals surface area contributed by atoms with E-state index in [1.54, 1.807) is 48.5 Å². The number of Topliss-reactive ketones (excluding diaryl/α,β-unsaturated/α-hetero) is 1. The number of carbonyl (C=O) groups excluding carboxylic acids is 3. The Labute approximate surface area is 153 Å². The quantitative estimate of drug-likeness (QED) is 0.526. The van der Waals surface area contributed by atoms with Gasteiger partial charge in [-0.15, -0.1) is 0 Å². The first-order valence-corrected chi connectivity index (χ1v) is 8.09. The highest BCUT2D eigenvalue weighted by molar-refractivity contribution is 6.04. The zero-order chi connectivity index (χ0) is 19.4. The number of benzene rings is 2. The Kier molecular flexibility index (Phi) is 5.16. The molecule has 8 nitrogen and oxygen atoms in total. The van der Waals surface area contributed by atoms with Crippen molar-refractivity contribution in [1.82, 2.24) is 4.57 Å². The molecule has 138 valence electrons. The number of anilines is 1. The summed E-state index contributed by atoms with van der Waals surface area (Å²) in [6, 6.07) is 13.2. The van der Waals surface area contributed by atoms with Crippen molar-refractivity contribution in [3.05, 3.63) is 64.6 Å². The summed E-state index contributed by atoms with van der Waals surface area (Å²) in [5.74, 6) is -2.25. The SMILES string of the molecule is CC(=O)c1ccccc1NC(=O)COC(=O)Cn1c(=O)oc2ccccc21. The van der Waals surface area contributed by atoms with Crippen LogP contribution in [0.3, 0.4) is 0 Å². The number of fused-ring (bicyclic) bond motifs is 1. The molecule has 27 heavy (non-hydrogen) atoms. The lowest BCUT2D eigenvalue weighted by molar-refractivity contribution is -0.147. The van der Waals surface area contributed by atoms with Crippen LogP contribution in [0, 0.1) is 0 Å². The number of hydrogen-bond donors (Lipinski definition) is 1. The first-order valence-electron chi connectivity index (χ1n) is 8.09. The number of rotatable bonds is 6. The van der Waals surface area contributed by atoms with E-state index in [1.165, 1.54) is 6.92 Å². The van der Waals surface area contributed by atoms with Crippen LogP contribution in [0.15, 0.2) is 57.7 Å². The van der Waals surface area contributed by atoms with Gasteiger partial charge in [-0.25, -0.2) is 4.79 Å². The number of para-hydroxylation sites is 3. The lowest BCUT2D eigenvalue weighted by Crippen LogP contribution is -2.26. The molecule has 0 aliphatic rings. The molecular formula is C19H16N2O6. The number of nitrogens with zero attached hydrogens (tertiary/aromatic N) is 1. The molecule has 0 saturated carbocycles. The predicted octanol–water partition coefficient (Wildman–Crippen LogP) is 1.98. The number of ketones is 1. The van der Waals surface area contributed by atoms with E-state index in [9.17, 15) is 19.2 Å². The summed E-state index contributed by atoms with van der Waals surface area (Å²) in [5, 5.41) is 2.52. The molecule has 8 heteroatoms. The Bertz CT molecular complexity index is 1080. The van der Waals surface area contributed by atoms with Crippen molar-refractivity contribution in [1.29, 1.82) is 0 Å². The van der Waals surface area contributed by atoms with Gasteiger partial charge in [-0.3, -0.25) is 19.0 Å². The minimum atomic E-state index is -0.765. The van der Waals surface area contributed by atoms with Gasteiger partial charge in [0, 0.05) is 5.56 Å². The Hall–Kier alpha value is -3.68. The third-order valence-corrected chi connectivity index (χ3v) is 3.81. The fourth-order valence-corrected chi connectivity index (χ4v) is 2.57. The number of amides is 1. The van der Waals surface area contributed by atoms with Gasteiger partial charge in [0.15, 0.2) is 18.0 Å². The zero-order valence-electron chi connectivity index (χ0n) is 14.4. The molecule has 0 saturated heterocycles. The summed E-state index contributed by atoms with van der Waals surface area (Å²) in [6.07, 6.45) is 0. The molecule has 0 bridgehead atoms. The van der Waals surface area contributed by atoms with Crippen LogP contribution in [0.1, 0.15) is 17.3 Å². The van der Waals surface area contributed by atoms with Crippen LogP contribution in [0.25, 0.3) is 11.1 Å². The number of ether oxygens (including phenoxy) is 1. The normalized spacial score (nSPS) is 10.6. The van der Waals surface area contributed by atoms with Gasteiger partial charge in [0.1, 0.15) is 6.54 Å². The second-order valence-corrected chi connectivity index (χ2v) is 5.73. The van der Waals surface area contributed by atoms with Crippen LogP contribution in [0.4, 0.5) is 5.69 Å². The number of aromatic nitrogens is 1. The maximum absolute atomic E-state index is 12.0. The summed E-state index contributed by atoms with van der Waals surface area (Å²) in [7, 11) is 0. The average Bonchev–Trinajstić information content (AvgIpc) is 2.96. The van der Waals surface area contributed by atoms with Gasteiger partial charge in [-0.05, 0) is 31.2 Å². The molecule has 2 aromatic carbocycles. The molecule has 1 amide bonds. The zero-order valence-corrected chi connectivity index (χ0v) is 14.4. The Morgan fingerprint density at radius 2 is 1.78 bits per heavy atom. The Morgan fingerprint density at radius 1 is 1.07 bits per heavy atom. The molecule has 0 aliphatic carbocycles. The maximum atomic E-state index is 12.0. The number of oxazole rings is 1. The highest BCUT2D eigenvalue weighted by Gasteiger charge is 2.15. The Balaban J connectivity index is 1.61. The largest absolute Gasteiger partial charge is 0.454 e. The number of nitrogens with one attached hydrogen (secondary N) is 1. The summed E-state index contributed by atoms with van der Waals surface area (Å²) in [5.41, 5.74) is 1.50. The van der Waals surface area contributed by atoms with E-state index in [4.69, 9.17) is 9.15 Å². The van der Waals surface area contributed by atoms with E-state index in [1.807, 2.05) is 0 Å². The van der Waals surface area contributed by atoms with E-state index in [2.05, 4.69) is 5.32 Å². The molecule has 0 fully saturated rings. The maximum Gasteiger partial charge on any atom is 0.420 e. The summed E-state index contributed by atoms with van der Waals surface area (Å²) in [4.78, 5) is 47.4. The van der Waals surface area contributed by atoms with Crippen molar-refractivity contribution in [3.8, 4) is 0 Å². The monoisotopic (exact) mass is 368 g/mol. The van der Waals surface area contributed by atoms with Crippen LogP contribution < -0.4 is 11.1 Å². The number of esters is 1. The summed E-state index contributed by atoms with van der Waals surface area (Å²) < 4.78 is 11.1. The molecule has 0 unspecified atom stereocenters. The van der Waals surface area contributed by atoms with E-state index < -0.39 is 24.2 Å². The predicted molar refractivity (Wildman–Crippen MR) is 96.5 cm³/mol. The summed E-state index contributed by atoms with van der Waals surface area (Å²) >= 11 is 0. The molecule has 3 rings (SSSR count). The minimum absolute atomic E-state index is 0.200. The van der Waals surface area contributed by atoms with Crippen LogP contribution in [-0.4, -0.2) is 28.8 Å². The van der Waals surface area contributed by atoms with Gasteiger partial charge in [0.05, 0.1) is 11.2 Å². The molecule has 3 aromatic rings. The average molecular weight is 368 g/mol. The fraction of sp³-hybridized carbons (Fsp3) is 0.158. The van der Waals surface area contributed by atoms with Gasteiger partial charge >= 0.3 is 11.7 Å². The van der Waals surface area contributed by atoms with Crippen molar-refractivity contribution < 1.29 is 23.5 Å². The lowest BCUT2D eigenvalue weighted by Gasteiger charge is -2.09. The van der Waals surface area contributed by atoms with E-state index in [-0.39, 0.29) is 12.3 Å². The van der Waals surface area contributed by atoms with E-state index in [0.717, 1.165) is 4.57 Å². The topological polar surface area (TPSA) is 108 Å². The molecule has 0 spiro atoms. The molecule has 0 aliphatic heterocycles. The molecule has 0 radical (unpaired) electrons.